The van der Waals surface area contributed by atoms with E-state index in [1.807, 2.05) is 52.0 Å². The van der Waals surface area contributed by atoms with Crippen molar-refractivity contribution >= 4 is 22.1 Å². The Morgan fingerprint density at radius 1 is 1.17 bits per heavy atom. The molecular formula is C23H25NO5S. The van der Waals surface area contributed by atoms with Gasteiger partial charge in [0.05, 0.1) is 0 Å². The predicted octanol–water partition coefficient (Wildman–Crippen LogP) is 3.98. The fraction of sp³-hybridized carbons (Fsp3) is 0.391. The number of amides is 1. The van der Waals surface area contributed by atoms with Crippen LogP contribution >= 0.6 is 11.8 Å². The molecule has 0 aromatic heterocycles. The van der Waals surface area contributed by atoms with Crippen molar-refractivity contribution in [3.8, 4) is 17.2 Å². The number of carbonyl (C=O) groups excluding carboxylic acids is 2. The third-order valence-electron chi connectivity index (χ3n) is 5.92. The summed E-state index contributed by atoms with van der Waals surface area (Å²) in [4.78, 5) is 23.0. The summed E-state index contributed by atoms with van der Waals surface area (Å²) in [6, 6.07) is 7.06. The number of hydrogen-bond acceptors (Lipinski definition) is 6. The molecule has 0 spiro atoms. The smallest absolute Gasteiger partial charge is 0.287 e. The Morgan fingerprint density at radius 2 is 1.87 bits per heavy atom. The largest absolute Gasteiger partial charge is 0.507 e. The molecule has 2 atom stereocenters. The summed E-state index contributed by atoms with van der Waals surface area (Å²) in [7, 11) is 0. The Morgan fingerprint density at radius 3 is 2.50 bits per heavy atom. The average molecular weight is 428 g/mol. The number of hydrogen-bond donors (Lipinski definition) is 2. The van der Waals surface area contributed by atoms with Gasteiger partial charge in [-0.15, -0.1) is 0 Å². The summed E-state index contributed by atoms with van der Waals surface area (Å²) in [5.74, 6) is 1.90. The van der Waals surface area contributed by atoms with Gasteiger partial charge in [-0.1, -0.05) is 12.1 Å². The van der Waals surface area contributed by atoms with Gasteiger partial charge in [-0.3, -0.25) is 9.59 Å². The van der Waals surface area contributed by atoms with E-state index in [0.717, 1.165) is 45.3 Å². The lowest BCUT2D eigenvalue weighted by molar-refractivity contribution is -0.112. The maximum atomic E-state index is 11.7. The number of carbonyl (C=O) groups is 2. The number of rotatable bonds is 5. The number of ether oxygens (including phenoxy) is 2. The normalized spacial score (nSPS) is 22.6. The number of thioether (sulfide) groups is 1. The molecule has 1 fully saturated rings. The van der Waals surface area contributed by atoms with Crippen LogP contribution in [0.4, 0.5) is 4.79 Å². The Hall–Kier alpha value is -2.67. The Balaban J connectivity index is 1.40. The fourth-order valence-corrected chi connectivity index (χ4v) is 4.65. The van der Waals surface area contributed by atoms with E-state index in [2.05, 4.69) is 5.32 Å². The van der Waals surface area contributed by atoms with Crippen LogP contribution in [0.1, 0.15) is 34.7 Å². The Labute approximate surface area is 180 Å². The van der Waals surface area contributed by atoms with Gasteiger partial charge in [-0.05, 0) is 62.1 Å². The summed E-state index contributed by atoms with van der Waals surface area (Å²) in [6.45, 7) is 8.17. The molecule has 2 aromatic carbocycles. The Kier molecular flexibility index (Phi) is 5.18. The maximum absolute atomic E-state index is 11.7. The predicted molar refractivity (Wildman–Crippen MR) is 116 cm³/mol. The molecule has 2 aliphatic rings. The summed E-state index contributed by atoms with van der Waals surface area (Å²) >= 11 is 0.728. The number of benzene rings is 2. The molecule has 2 unspecified atom stereocenters. The standard InChI is InChI=1S/C23H25NO5S/c1-12-13(2)20-17(14(3)19(12)25)10-23(4,29-20)11-28-16-7-5-15(6-8-16)9-18-21(26)30-22(27)24-18/h5-8,18,25H,9-11H2,1-4H3,(H,24,27). The molecule has 4 rings (SSSR count). The zero-order valence-corrected chi connectivity index (χ0v) is 18.3. The SMILES string of the molecule is Cc1c(C)c2c(c(C)c1O)CC(C)(COc1ccc(CC3NC(=O)SC3=O)cc1)O2. The quantitative estimate of drug-likeness (QED) is 0.751. The minimum Gasteiger partial charge on any atom is -0.507 e. The zero-order valence-electron chi connectivity index (χ0n) is 17.5. The van der Waals surface area contributed by atoms with Gasteiger partial charge in [0.15, 0.2) is 0 Å². The van der Waals surface area contributed by atoms with Crippen molar-refractivity contribution in [2.24, 2.45) is 0 Å². The van der Waals surface area contributed by atoms with Crippen LogP contribution in [-0.4, -0.2) is 33.7 Å². The monoisotopic (exact) mass is 427 g/mol. The van der Waals surface area contributed by atoms with Crippen LogP contribution in [0, 0.1) is 20.8 Å². The highest BCUT2D eigenvalue weighted by Gasteiger charge is 2.39. The highest BCUT2D eigenvalue weighted by atomic mass is 32.2. The van der Waals surface area contributed by atoms with E-state index in [1.54, 1.807) is 0 Å². The molecule has 6 nitrogen and oxygen atoms in total. The number of aromatic hydroxyl groups is 1. The topological polar surface area (TPSA) is 84.9 Å². The van der Waals surface area contributed by atoms with Gasteiger partial charge in [0.1, 0.15) is 35.5 Å². The summed E-state index contributed by atoms with van der Waals surface area (Å²) in [5, 5.41) is 12.6. The number of phenols is 1. The lowest BCUT2D eigenvalue weighted by Crippen LogP contribution is -2.37. The molecule has 0 radical (unpaired) electrons. The van der Waals surface area contributed by atoms with Crippen LogP contribution in [0.3, 0.4) is 0 Å². The van der Waals surface area contributed by atoms with Gasteiger partial charge in [-0.2, -0.15) is 0 Å². The average Bonchev–Trinajstić information content (AvgIpc) is 3.23. The summed E-state index contributed by atoms with van der Waals surface area (Å²) < 4.78 is 12.3. The molecule has 30 heavy (non-hydrogen) atoms. The highest BCUT2D eigenvalue weighted by Crippen LogP contribution is 2.45. The van der Waals surface area contributed by atoms with E-state index < -0.39 is 11.6 Å². The fourth-order valence-electron chi connectivity index (χ4n) is 3.98. The van der Waals surface area contributed by atoms with Crippen molar-refractivity contribution in [2.75, 3.05) is 6.61 Å². The second-order valence-corrected chi connectivity index (χ2v) is 9.28. The zero-order chi connectivity index (χ0) is 21.6. The van der Waals surface area contributed by atoms with Gasteiger partial charge >= 0.3 is 0 Å². The van der Waals surface area contributed by atoms with E-state index in [1.165, 1.54) is 0 Å². The second kappa shape index (κ2) is 7.54. The maximum Gasteiger partial charge on any atom is 0.287 e. The lowest BCUT2D eigenvalue weighted by atomic mass is 9.93. The van der Waals surface area contributed by atoms with Gasteiger partial charge in [0, 0.05) is 30.2 Å². The molecule has 2 aromatic rings. The first-order valence-electron chi connectivity index (χ1n) is 9.91. The van der Waals surface area contributed by atoms with E-state index >= 15 is 0 Å². The minimum absolute atomic E-state index is 0.141. The molecule has 0 saturated carbocycles. The third kappa shape index (κ3) is 3.74. The first-order chi connectivity index (χ1) is 14.2. The van der Waals surface area contributed by atoms with Crippen molar-refractivity contribution in [2.45, 2.75) is 52.2 Å². The van der Waals surface area contributed by atoms with Crippen LogP contribution in [0.2, 0.25) is 0 Å². The molecule has 0 bridgehead atoms. The summed E-state index contributed by atoms with van der Waals surface area (Å²) in [6.07, 6.45) is 1.14. The van der Waals surface area contributed by atoms with Crippen LogP contribution in [0.25, 0.3) is 0 Å². The van der Waals surface area contributed by atoms with Gasteiger partial charge in [0.25, 0.3) is 5.24 Å². The van der Waals surface area contributed by atoms with Crippen molar-refractivity contribution in [3.63, 3.8) is 0 Å². The molecule has 1 saturated heterocycles. The molecule has 2 heterocycles. The second-order valence-electron chi connectivity index (χ2n) is 8.30. The molecule has 0 aliphatic carbocycles. The number of fused-ring (bicyclic) bond motifs is 1. The number of nitrogens with one attached hydrogen (secondary N) is 1. The Bertz CT molecular complexity index is 994. The molecule has 158 valence electrons. The molecule has 1 amide bonds. The lowest BCUT2D eigenvalue weighted by Gasteiger charge is -2.24. The van der Waals surface area contributed by atoms with E-state index in [-0.39, 0.29) is 10.4 Å². The third-order valence-corrected chi connectivity index (χ3v) is 6.71. The first-order valence-corrected chi connectivity index (χ1v) is 10.7. The van der Waals surface area contributed by atoms with E-state index in [0.29, 0.717) is 30.9 Å². The van der Waals surface area contributed by atoms with E-state index in [9.17, 15) is 14.7 Å². The van der Waals surface area contributed by atoms with E-state index in [4.69, 9.17) is 9.47 Å². The highest BCUT2D eigenvalue weighted by molar-refractivity contribution is 8.26. The molecule has 2 aliphatic heterocycles. The molecule has 2 N–H and O–H groups in total. The van der Waals surface area contributed by atoms with Gasteiger partial charge in [0.2, 0.25) is 5.12 Å². The minimum atomic E-state index is -0.519. The van der Waals surface area contributed by atoms with Crippen LogP contribution in [0.15, 0.2) is 24.3 Å². The first kappa shape index (κ1) is 20.6. The van der Waals surface area contributed by atoms with Crippen molar-refractivity contribution < 1.29 is 24.2 Å². The number of phenolic OH excluding ortho intramolecular Hbond substituents is 1. The van der Waals surface area contributed by atoms with Crippen molar-refractivity contribution in [1.82, 2.24) is 5.32 Å². The van der Waals surface area contributed by atoms with Gasteiger partial charge < -0.3 is 19.9 Å². The summed E-state index contributed by atoms with van der Waals surface area (Å²) in [5.41, 5.74) is 4.16. The van der Waals surface area contributed by atoms with Crippen LogP contribution < -0.4 is 14.8 Å². The van der Waals surface area contributed by atoms with Gasteiger partial charge in [-0.25, -0.2) is 0 Å². The molecule has 7 heteroatoms. The van der Waals surface area contributed by atoms with Crippen LogP contribution in [0.5, 0.6) is 17.2 Å². The molecular weight excluding hydrogens is 402 g/mol. The van der Waals surface area contributed by atoms with Crippen molar-refractivity contribution in [1.29, 1.82) is 0 Å². The van der Waals surface area contributed by atoms with Crippen molar-refractivity contribution in [3.05, 3.63) is 52.1 Å². The van der Waals surface area contributed by atoms with Crippen LogP contribution in [-0.2, 0) is 17.6 Å².